The van der Waals surface area contributed by atoms with E-state index in [0.29, 0.717) is 10.8 Å². The first-order valence-electron chi connectivity index (χ1n) is 3.59. The third-order valence-electron chi connectivity index (χ3n) is 1.15. The number of carbonyl (C=O) groups excluding carboxylic acids is 1. The maximum atomic E-state index is 10.5. The van der Waals surface area contributed by atoms with Gasteiger partial charge in [0.15, 0.2) is 5.78 Å². The fraction of sp³-hybridized carbons (Fsp3) is 0.125. The second-order valence-corrected chi connectivity index (χ2v) is 2.78. The summed E-state index contributed by atoms with van der Waals surface area (Å²) in [6.07, 6.45) is 2.67. The van der Waals surface area contributed by atoms with Crippen LogP contribution in [0.4, 0.5) is 5.82 Å². The van der Waals surface area contributed by atoms with Crippen LogP contribution in [0.3, 0.4) is 0 Å². The van der Waals surface area contributed by atoms with Gasteiger partial charge in [0.1, 0.15) is 5.82 Å². The Morgan fingerprint density at radius 1 is 1.69 bits per heavy atom. The lowest BCUT2D eigenvalue weighted by Gasteiger charge is -1.96. The molecule has 0 aliphatic heterocycles. The van der Waals surface area contributed by atoms with Gasteiger partial charge in [-0.3, -0.25) is 10.2 Å². The second kappa shape index (κ2) is 4.57. The molecule has 1 heterocycles. The molecule has 0 aliphatic rings. The first kappa shape index (κ1) is 9.67. The average Bonchev–Trinajstić information content (AvgIpc) is 2.08. The van der Waals surface area contributed by atoms with E-state index in [9.17, 15) is 4.79 Å². The number of nitrogens with zero attached hydrogens (tertiary/aromatic N) is 2. The summed E-state index contributed by atoms with van der Waals surface area (Å²) in [5.74, 6) is 0.420. The first-order chi connectivity index (χ1) is 6.18. The van der Waals surface area contributed by atoms with Gasteiger partial charge < -0.3 is 0 Å². The molecular formula is C8H8ClN3O. The van der Waals surface area contributed by atoms with E-state index >= 15 is 0 Å². The number of Topliss-reactive ketones (excluding diaryl/α,β-unsaturated/α-hetero) is 1. The number of nitrogens with one attached hydrogen (secondary N) is 1. The van der Waals surface area contributed by atoms with Crippen molar-refractivity contribution in [1.82, 2.24) is 4.98 Å². The zero-order valence-corrected chi connectivity index (χ0v) is 7.75. The van der Waals surface area contributed by atoms with E-state index in [1.54, 1.807) is 12.1 Å². The van der Waals surface area contributed by atoms with Crippen LogP contribution in [-0.4, -0.2) is 17.0 Å². The van der Waals surface area contributed by atoms with Crippen LogP contribution in [0.1, 0.15) is 6.92 Å². The summed E-state index contributed by atoms with van der Waals surface area (Å²) in [5.41, 5.74) is 2.58. The molecule has 5 heteroatoms. The van der Waals surface area contributed by atoms with E-state index in [4.69, 9.17) is 11.6 Å². The number of ketones is 1. The minimum Gasteiger partial charge on any atom is -0.293 e. The Balaban J connectivity index is 2.55. The van der Waals surface area contributed by atoms with Crippen molar-refractivity contribution in [2.45, 2.75) is 6.92 Å². The van der Waals surface area contributed by atoms with Crippen molar-refractivity contribution in [3.63, 3.8) is 0 Å². The number of anilines is 1. The molecule has 1 N–H and O–H groups in total. The van der Waals surface area contributed by atoms with Gasteiger partial charge >= 0.3 is 0 Å². The van der Waals surface area contributed by atoms with Crippen LogP contribution in [0.15, 0.2) is 23.4 Å². The Labute approximate surface area is 80.6 Å². The number of aromatic nitrogens is 1. The number of carbonyl (C=O) groups is 1. The Morgan fingerprint density at radius 3 is 3.00 bits per heavy atom. The van der Waals surface area contributed by atoms with Crippen molar-refractivity contribution in [3.05, 3.63) is 23.4 Å². The molecule has 0 aromatic carbocycles. The molecule has 1 rings (SSSR count). The van der Waals surface area contributed by atoms with Gasteiger partial charge in [-0.15, -0.1) is 0 Å². The van der Waals surface area contributed by atoms with Gasteiger partial charge in [0.25, 0.3) is 0 Å². The van der Waals surface area contributed by atoms with E-state index < -0.39 is 0 Å². The van der Waals surface area contributed by atoms with Crippen LogP contribution in [0.5, 0.6) is 0 Å². The first-order valence-corrected chi connectivity index (χ1v) is 3.97. The fourth-order valence-electron chi connectivity index (χ4n) is 0.631. The van der Waals surface area contributed by atoms with E-state index in [-0.39, 0.29) is 5.78 Å². The molecule has 0 unspecified atom stereocenters. The Hall–Kier alpha value is -1.42. The molecule has 1 aromatic rings. The predicted octanol–water partition coefficient (Wildman–Crippen LogP) is 1.72. The van der Waals surface area contributed by atoms with Crippen LogP contribution in [-0.2, 0) is 4.79 Å². The number of hydrazone groups is 1. The zero-order valence-electron chi connectivity index (χ0n) is 6.99. The van der Waals surface area contributed by atoms with Crippen molar-refractivity contribution < 1.29 is 4.79 Å². The molecule has 0 amide bonds. The van der Waals surface area contributed by atoms with E-state index in [2.05, 4.69) is 15.5 Å². The van der Waals surface area contributed by atoms with Gasteiger partial charge in [-0.1, -0.05) is 11.6 Å². The van der Waals surface area contributed by atoms with Gasteiger partial charge in [-0.25, -0.2) is 4.98 Å². The molecule has 13 heavy (non-hydrogen) atoms. The lowest BCUT2D eigenvalue weighted by atomic mass is 10.5. The molecule has 0 aliphatic carbocycles. The molecule has 0 atom stereocenters. The molecule has 0 saturated heterocycles. The average molecular weight is 198 g/mol. The Morgan fingerprint density at radius 2 is 2.46 bits per heavy atom. The molecule has 1 aromatic heterocycles. The van der Waals surface area contributed by atoms with Gasteiger partial charge in [-0.05, 0) is 12.1 Å². The van der Waals surface area contributed by atoms with Crippen LogP contribution in [0, 0.1) is 0 Å². The minimum absolute atomic E-state index is 0.124. The molecule has 0 bridgehead atoms. The molecule has 68 valence electrons. The monoisotopic (exact) mass is 197 g/mol. The van der Waals surface area contributed by atoms with Gasteiger partial charge in [0.05, 0.1) is 11.2 Å². The largest absolute Gasteiger partial charge is 0.293 e. The van der Waals surface area contributed by atoms with Gasteiger partial charge in [0, 0.05) is 13.1 Å². The van der Waals surface area contributed by atoms with Crippen LogP contribution < -0.4 is 5.43 Å². The summed E-state index contributed by atoms with van der Waals surface area (Å²) in [6.45, 7) is 1.42. The molecule has 0 spiro atoms. The van der Waals surface area contributed by atoms with Crippen molar-refractivity contribution in [2.75, 3.05) is 5.43 Å². The van der Waals surface area contributed by atoms with Crippen LogP contribution >= 0.6 is 11.6 Å². The number of pyridine rings is 1. The fourth-order valence-corrected chi connectivity index (χ4v) is 0.743. The SMILES string of the molecule is CC(=O)C=NNc1ccc(Cl)cn1. The van der Waals surface area contributed by atoms with Gasteiger partial charge in [-0.2, -0.15) is 5.10 Å². The molecular weight excluding hydrogens is 190 g/mol. The lowest BCUT2D eigenvalue weighted by molar-refractivity contribution is -0.110. The number of hydrogen-bond donors (Lipinski definition) is 1. The number of hydrogen-bond acceptors (Lipinski definition) is 4. The Bertz CT molecular complexity index is 321. The molecule has 0 fully saturated rings. The van der Waals surface area contributed by atoms with Crippen molar-refractivity contribution >= 4 is 29.4 Å². The lowest BCUT2D eigenvalue weighted by Crippen LogP contribution is -1.96. The highest BCUT2D eigenvalue weighted by atomic mass is 35.5. The normalized spacial score (nSPS) is 10.3. The number of halogens is 1. The quantitative estimate of drug-likeness (QED) is 0.593. The van der Waals surface area contributed by atoms with E-state index in [1.807, 2.05) is 0 Å². The summed E-state index contributed by atoms with van der Waals surface area (Å²) in [6, 6.07) is 3.35. The number of rotatable bonds is 3. The third kappa shape index (κ3) is 3.66. The summed E-state index contributed by atoms with van der Waals surface area (Å²) in [4.78, 5) is 14.4. The molecule has 0 radical (unpaired) electrons. The smallest absolute Gasteiger partial charge is 0.172 e. The van der Waals surface area contributed by atoms with Crippen molar-refractivity contribution in [3.8, 4) is 0 Å². The van der Waals surface area contributed by atoms with Crippen molar-refractivity contribution in [1.29, 1.82) is 0 Å². The summed E-state index contributed by atoms with van der Waals surface area (Å²) < 4.78 is 0. The third-order valence-corrected chi connectivity index (χ3v) is 1.38. The maximum absolute atomic E-state index is 10.5. The highest BCUT2D eigenvalue weighted by molar-refractivity contribution is 6.30. The predicted molar refractivity (Wildman–Crippen MR) is 52.0 cm³/mol. The minimum atomic E-state index is -0.124. The standard InChI is InChI=1S/C8H8ClN3O/c1-6(13)4-11-12-8-3-2-7(9)5-10-8/h2-5H,1H3,(H,10,12). The van der Waals surface area contributed by atoms with E-state index in [0.717, 1.165) is 0 Å². The molecule has 0 saturated carbocycles. The summed E-state index contributed by atoms with van der Waals surface area (Å²) in [5, 5.41) is 4.20. The summed E-state index contributed by atoms with van der Waals surface area (Å²) >= 11 is 5.61. The van der Waals surface area contributed by atoms with Crippen LogP contribution in [0.25, 0.3) is 0 Å². The van der Waals surface area contributed by atoms with E-state index in [1.165, 1.54) is 19.3 Å². The highest BCUT2D eigenvalue weighted by Gasteiger charge is 1.90. The van der Waals surface area contributed by atoms with Gasteiger partial charge in [0.2, 0.25) is 0 Å². The molecule has 4 nitrogen and oxygen atoms in total. The zero-order chi connectivity index (χ0) is 9.68. The maximum Gasteiger partial charge on any atom is 0.172 e. The highest BCUT2D eigenvalue weighted by Crippen LogP contribution is 2.08. The van der Waals surface area contributed by atoms with Crippen molar-refractivity contribution in [2.24, 2.45) is 5.10 Å². The van der Waals surface area contributed by atoms with Crippen LogP contribution in [0.2, 0.25) is 5.02 Å². The Kier molecular flexibility index (Phi) is 3.40. The summed E-state index contributed by atoms with van der Waals surface area (Å²) in [7, 11) is 0. The second-order valence-electron chi connectivity index (χ2n) is 2.34. The topological polar surface area (TPSA) is 54.4 Å².